The Morgan fingerprint density at radius 3 is 2.09 bits per heavy atom. The van der Waals surface area contributed by atoms with Crippen molar-refractivity contribution in [3.05, 3.63) is 94.0 Å². The van der Waals surface area contributed by atoms with E-state index in [1.165, 1.54) is 39.2 Å². The van der Waals surface area contributed by atoms with E-state index in [0.29, 0.717) is 17.3 Å². The van der Waals surface area contributed by atoms with Gasteiger partial charge in [-0.2, -0.15) is 22.8 Å². The molecule has 0 saturated heterocycles. The summed E-state index contributed by atoms with van der Waals surface area (Å²) in [4.78, 5) is 0. The quantitative estimate of drug-likeness (QED) is 0.307. The molecule has 1 aromatic carbocycles. The van der Waals surface area contributed by atoms with Gasteiger partial charge in [0.1, 0.15) is 0 Å². The van der Waals surface area contributed by atoms with Crippen molar-refractivity contribution in [2.45, 2.75) is 123 Å². The second-order valence-electron chi connectivity index (χ2n) is 17.0. The maximum absolute atomic E-state index is 3.35. The van der Waals surface area contributed by atoms with Crippen LogP contribution in [0.1, 0.15) is 127 Å². The molecule has 0 amide bonds. The van der Waals surface area contributed by atoms with E-state index in [1.54, 1.807) is 52.4 Å². The summed E-state index contributed by atoms with van der Waals surface area (Å²) >= 11 is 1.55. The Balaban J connectivity index is 0.000000365. The van der Waals surface area contributed by atoms with E-state index in [2.05, 4.69) is 152 Å². The summed E-state index contributed by atoms with van der Waals surface area (Å²) in [5.74, 6) is 2.81. The summed E-state index contributed by atoms with van der Waals surface area (Å²) in [7, 11) is 0. The number of benzene rings is 1. The Morgan fingerprint density at radius 2 is 1.57 bits per heavy atom. The molecule has 0 aliphatic heterocycles. The van der Waals surface area contributed by atoms with Gasteiger partial charge in [-0.25, -0.2) is 12.0 Å². The van der Waals surface area contributed by atoms with Gasteiger partial charge in [-0.15, -0.1) is 6.92 Å². The Bertz CT molecular complexity index is 1450. The summed E-state index contributed by atoms with van der Waals surface area (Å²) in [6.07, 6.45) is 17.5. The molecule has 0 bridgehead atoms. The molecular formula is C43H60Cl2Zr-2. The number of fused-ring (bicyclic) bond motifs is 6. The minimum Gasteiger partial charge on any atom is -1.00 e. The largest absolute Gasteiger partial charge is 1.00 e. The maximum atomic E-state index is 3.35. The standard InChI is InChI=1S/C29H37.C11H17.C3H6.2ClH.Zr/c1-18-25-22-17-19-13-9-10-14-20(19)24(22)21-15-11-12-16-23(21)29(25,8)28(6,7)27(4,5)26(18,2)3;1-5-9-6-7-10(8-9)11(2,3)4;1-3-2;;;/h9-11,13-15,23H,12,16-17H2,1-8H3;7-9H,5H2,1-4H3;1-2H3;2*1H;/q2*-1;;;;+2/p-2. The van der Waals surface area contributed by atoms with E-state index < -0.39 is 0 Å². The normalized spacial score (nSPS) is 27.3. The van der Waals surface area contributed by atoms with Crippen LogP contribution in [0.5, 0.6) is 0 Å². The van der Waals surface area contributed by atoms with Crippen molar-refractivity contribution in [1.82, 2.24) is 0 Å². The summed E-state index contributed by atoms with van der Waals surface area (Å²) in [6.45, 7) is 33.5. The predicted octanol–water partition coefficient (Wildman–Crippen LogP) is 6.08. The third kappa shape index (κ3) is 6.67. The average Bonchev–Trinajstić information content (AvgIpc) is 3.57. The SMILES string of the molecule is CCC1[C-]=CC(C(C)(C)C)=C1.C[C-]1C2=C3Cc4ccccc4C3=C3C=CCCC3C2(C)C(C)(C)C(C)(C)C1(C)C.C[C](C)=[Zr+2].[Cl-].[Cl-]. The monoisotopic (exact) mass is 736 g/mol. The van der Waals surface area contributed by atoms with E-state index in [1.807, 2.05) is 0 Å². The third-order valence-corrected chi connectivity index (χ3v) is 12.9. The van der Waals surface area contributed by atoms with E-state index in [9.17, 15) is 0 Å². The van der Waals surface area contributed by atoms with Crippen LogP contribution in [0, 0.1) is 50.9 Å². The van der Waals surface area contributed by atoms with Crippen molar-refractivity contribution in [1.29, 1.82) is 0 Å². The predicted molar refractivity (Wildman–Crippen MR) is 190 cm³/mol. The third-order valence-electron chi connectivity index (χ3n) is 12.9. The zero-order chi connectivity index (χ0) is 33.0. The first-order valence-corrected chi connectivity index (χ1v) is 18.4. The Labute approximate surface area is 311 Å². The van der Waals surface area contributed by atoms with Crippen molar-refractivity contribution in [3.8, 4) is 0 Å². The van der Waals surface area contributed by atoms with Crippen LogP contribution in [0.25, 0.3) is 5.57 Å². The van der Waals surface area contributed by atoms with Gasteiger partial charge in [-0.05, 0) is 40.6 Å². The second kappa shape index (κ2) is 14.5. The fourth-order valence-corrected chi connectivity index (χ4v) is 8.78. The molecule has 0 spiro atoms. The molecule has 0 aromatic heterocycles. The smallest absolute Gasteiger partial charge is 1.00 e. The molecule has 0 heterocycles. The maximum Gasteiger partial charge on any atom is -1.00 e. The molecule has 5 aliphatic rings. The molecule has 252 valence electrons. The van der Waals surface area contributed by atoms with Gasteiger partial charge in [-0.1, -0.05) is 159 Å². The fourth-order valence-electron chi connectivity index (χ4n) is 8.78. The van der Waals surface area contributed by atoms with Gasteiger partial charge in [0.2, 0.25) is 0 Å². The van der Waals surface area contributed by atoms with Crippen LogP contribution in [0.15, 0.2) is 70.9 Å². The van der Waals surface area contributed by atoms with Gasteiger partial charge in [-0.3, -0.25) is 6.08 Å². The Morgan fingerprint density at radius 1 is 0.978 bits per heavy atom. The molecule has 0 radical (unpaired) electrons. The molecule has 1 fully saturated rings. The summed E-state index contributed by atoms with van der Waals surface area (Å²) in [5, 5.41) is 0. The molecule has 5 aliphatic carbocycles. The van der Waals surface area contributed by atoms with Crippen LogP contribution in [-0.2, 0) is 30.7 Å². The number of halogens is 2. The van der Waals surface area contributed by atoms with E-state index in [-0.39, 0.29) is 46.5 Å². The molecule has 3 heteroatoms. The summed E-state index contributed by atoms with van der Waals surface area (Å²) in [6, 6.07) is 9.16. The van der Waals surface area contributed by atoms with Crippen LogP contribution < -0.4 is 24.8 Å². The second-order valence-corrected chi connectivity index (χ2v) is 19.4. The van der Waals surface area contributed by atoms with Crippen molar-refractivity contribution in [2.24, 2.45) is 38.9 Å². The number of hydrogen-bond donors (Lipinski definition) is 0. The van der Waals surface area contributed by atoms with Crippen molar-refractivity contribution in [2.75, 3.05) is 0 Å². The van der Waals surface area contributed by atoms with Gasteiger partial charge in [0.15, 0.2) is 0 Å². The van der Waals surface area contributed by atoms with Crippen LogP contribution in [0.4, 0.5) is 0 Å². The molecular weight excluding hydrogens is 679 g/mol. The first-order valence-electron chi connectivity index (χ1n) is 17.2. The molecule has 46 heavy (non-hydrogen) atoms. The molecule has 1 aromatic rings. The van der Waals surface area contributed by atoms with Crippen LogP contribution >= 0.6 is 0 Å². The number of rotatable bonds is 1. The topological polar surface area (TPSA) is 0 Å². The average molecular weight is 739 g/mol. The van der Waals surface area contributed by atoms with E-state index in [4.69, 9.17) is 0 Å². The minimum absolute atomic E-state index is 0. The van der Waals surface area contributed by atoms with E-state index in [0.717, 1.165) is 6.42 Å². The van der Waals surface area contributed by atoms with Gasteiger partial charge in [0.05, 0.1) is 0 Å². The first kappa shape index (κ1) is 41.3. The molecule has 1 saturated carbocycles. The molecule has 3 atom stereocenters. The van der Waals surface area contributed by atoms with Gasteiger partial charge < -0.3 is 24.8 Å². The Kier molecular flexibility index (Phi) is 13.1. The number of allylic oxidation sites excluding steroid dienone is 10. The van der Waals surface area contributed by atoms with E-state index >= 15 is 0 Å². The van der Waals surface area contributed by atoms with Gasteiger partial charge in [0, 0.05) is 0 Å². The molecule has 0 N–H and O–H groups in total. The van der Waals surface area contributed by atoms with Crippen molar-refractivity contribution in [3.63, 3.8) is 0 Å². The zero-order valence-corrected chi connectivity index (χ0v) is 35.3. The van der Waals surface area contributed by atoms with Crippen LogP contribution in [0.2, 0.25) is 0 Å². The Hall–Kier alpha value is -0.877. The fraction of sp³-hybridized carbons (Fsp3) is 0.581. The molecule has 6 rings (SSSR count). The zero-order valence-electron chi connectivity index (χ0n) is 31.4. The molecule has 0 nitrogen and oxygen atoms in total. The number of hydrogen-bond acceptors (Lipinski definition) is 0. The van der Waals surface area contributed by atoms with Gasteiger partial charge >= 0.3 is 41.3 Å². The molecule has 3 unspecified atom stereocenters. The minimum atomic E-state index is 0. The first-order chi connectivity index (χ1) is 20.2. The van der Waals surface area contributed by atoms with Gasteiger partial charge in [0.25, 0.3) is 0 Å². The van der Waals surface area contributed by atoms with Crippen molar-refractivity contribution >= 4 is 8.78 Å². The van der Waals surface area contributed by atoms with Crippen molar-refractivity contribution < 1.29 is 49.0 Å². The van der Waals surface area contributed by atoms with Crippen LogP contribution in [0.3, 0.4) is 0 Å². The summed E-state index contributed by atoms with van der Waals surface area (Å²) < 4.78 is 1.51. The summed E-state index contributed by atoms with van der Waals surface area (Å²) in [5.41, 5.74) is 12.0. The van der Waals surface area contributed by atoms with Crippen LogP contribution in [-0.4, -0.2) is 3.21 Å².